The zero-order valence-electron chi connectivity index (χ0n) is 15.8. The summed E-state index contributed by atoms with van der Waals surface area (Å²) >= 11 is 12.7. The van der Waals surface area contributed by atoms with Crippen LogP contribution in [0, 0.1) is 5.92 Å². The van der Waals surface area contributed by atoms with Crippen molar-refractivity contribution >= 4 is 43.9 Å². The molecule has 0 spiro atoms. The monoisotopic (exact) mass is 406 g/mol. The molecule has 25 heavy (non-hydrogen) atoms. The molecule has 0 saturated heterocycles. The van der Waals surface area contributed by atoms with Crippen LogP contribution in [0.4, 0.5) is 0 Å². The average molecular weight is 407 g/mol. The summed E-state index contributed by atoms with van der Waals surface area (Å²) in [6.07, 6.45) is 20.2. The van der Waals surface area contributed by atoms with Gasteiger partial charge in [0.1, 0.15) is 0 Å². The van der Waals surface area contributed by atoms with Crippen LogP contribution in [0.25, 0.3) is 0 Å². The van der Waals surface area contributed by atoms with Crippen LogP contribution >= 0.6 is 37.9 Å². The van der Waals surface area contributed by atoms with Crippen LogP contribution in [0.2, 0.25) is 0 Å². The van der Waals surface area contributed by atoms with Gasteiger partial charge in [-0.15, -0.1) is 0 Å². The molecule has 0 heterocycles. The van der Waals surface area contributed by atoms with Crippen molar-refractivity contribution in [1.29, 1.82) is 0 Å². The summed E-state index contributed by atoms with van der Waals surface area (Å²) in [7, 11) is 0. The maximum atomic E-state index is 11.3. The van der Waals surface area contributed by atoms with Gasteiger partial charge in [-0.1, -0.05) is 70.4 Å². The number of carbonyl (C=O) groups is 1. The first-order valence-electron chi connectivity index (χ1n) is 9.92. The van der Waals surface area contributed by atoms with Crippen molar-refractivity contribution in [2.45, 2.75) is 100 Å². The van der Waals surface area contributed by atoms with Gasteiger partial charge in [0.05, 0.1) is 10.5 Å². The summed E-state index contributed by atoms with van der Waals surface area (Å²) in [6, 6.07) is 0. The predicted octanol–water partition coefficient (Wildman–Crippen LogP) is 6.82. The van der Waals surface area contributed by atoms with E-state index in [1.54, 1.807) is 0 Å². The first-order chi connectivity index (χ1) is 12.0. The third-order valence-corrected chi connectivity index (χ3v) is 6.33. The van der Waals surface area contributed by atoms with Crippen LogP contribution < -0.4 is 0 Å². The minimum atomic E-state index is -0.786. The molecule has 0 saturated carbocycles. The fourth-order valence-electron chi connectivity index (χ4n) is 2.91. The molecule has 1 N–H and O–H groups in total. The minimum absolute atomic E-state index is 0.304. The van der Waals surface area contributed by atoms with Crippen molar-refractivity contribution < 1.29 is 9.90 Å². The highest BCUT2D eigenvalue weighted by atomic mass is 32.2. The van der Waals surface area contributed by atoms with E-state index in [0.29, 0.717) is 6.42 Å². The van der Waals surface area contributed by atoms with E-state index in [4.69, 9.17) is 0 Å². The van der Waals surface area contributed by atoms with Gasteiger partial charge in [0, 0.05) is 5.25 Å². The van der Waals surface area contributed by atoms with Crippen LogP contribution in [0.15, 0.2) is 12.2 Å². The lowest BCUT2D eigenvalue weighted by Gasteiger charge is -2.21. The van der Waals surface area contributed by atoms with E-state index >= 15 is 0 Å². The fourth-order valence-corrected chi connectivity index (χ4v) is 3.60. The summed E-state index contributed by atoms with van der Waals surface area (Å²) in [6.45, 7) is 2.25. The van der Waals surface area contributed by atoms with Gasteiger partial charge in [0.15, 0.2) is 0 Å². The fraction of sp³-hybridized carbons (Fsp3) is 0.850. The van der Waals surface area contributed by atoms with E-state index in [0.717, 1.165) is 25.7 Å². The zero-order chi connectivity index (χ0) is 18.9. The number of carboxylic acid groups (broad SMARTS) is 1. The van der Waals surface area contributed by atoms with E-state index in [9.17, 15) is 9.90 Å². The van der Waals surface area contributed by atoms with Gasteiger partial charge in [-0.3, -0.25) is 4.79 Å². The van der Waals surface area contributed by atoms with E-state index in [-0.39, 0.29) is 9.83 Å². The molecule has 2 atom stereocenters. The van der Waals surface area contributed by atoms with E-state index in [2.05, 4.69) is 57.0 Å². The van der Waals surface area contributed by atoms with Crippen molar-refractivity contribution in [3.63, 3.8) is 0 Å². The number of thiol groups is 3. The molecule has 0 aliphatic heterocycles. The second kappa shape index (κ2) is 17.7. The highest BCUT2D eigenvalue weighted by Crippen LogP contribution is 2.26. The number of aliphatic carboxylic acids is 1. The molecule has 2 unspecified atom stereocenters. The Bertz CT molecular complexity index is 346. The second-order valence-electron chi connectivity index (χ2n) is 6.87. The second-order valence-corrected chi connectivity index (χ2v) is 8.98. The number of unbranched alkanes of at least 4 members (excludes halogenated alkanes) is 10. The van der Waals surface area contributed by atoms with Crippen molar-refractivity contribution in [3.8, 4) is 0 Å². The summed E-state index contributed by atoms with van der Waals surface area (Å²) < 4.78 is -0.304. The van der Waals surface area contributed by atoms with Gasteiger partial charge in [0.25, 0.3) is 0 Å². The van der Waals surface area contributed by atoms with Crippen LogP contribution in [-0.2, 0) is 4.79 Å². The number of allylic oxidation sites excluding steroid dienone is 2. The standard InChI is InChI=1S/C20H38O2S3/c1-2-3-4-5-6-7-8-9-10-11-12-13-14-15-16-17(19(21)22)18(23)20(24)25/h9-10,17-18,20,23-25H,2-8,11-16H2,1H3,(H,21,22). The van der Waals surface area contributed by atoms with Gasteiger partial charge in [-0.2, -0.15) is 37.9 Å². The Balaban J connectivity index is 3.53. The lowest BCUT2D eigenvalue weighted by Crippen LogP contribution is -2.28. The Morgan fingerprint density at radius 1 is 0.840 bits per heavy atom. The van der Waals surface area contributed by atoms with E-state index in [1.165, 1.54) is 51.4 Å². The molecular formula is C20H38O2S3. The number of rotatable bonds is 17. The number of hydrogen-bond acceptors (Lipinski definition) is 4. The summed E-state index contributed by atoms with van der Waals surface area (Å²) in [5.74, 6) is -1.24. The van der Waals surface area contributed by atoms with E-state index < -0.39 is 11.9 Å². The normalized spacial score (nSPS) is 14.3. The quantitative estimate of drug-likeness (QED) is 0.0926. The Hall–Kier alpha value is 0.260. The topological polar surface area (TPSA) is 37.3 Å². The molecule has 2 nitrogen and oxygen atoms in total. The van der Waals surface area contributed by atoms with Crippen LogP contribution in [0.5, 0.6) is 0 Å². The Morgan fingerprint density at radius 3 is 1.80 bits per heavy atom. The molecule has 0 aliphatic carbocycles. The first kappa shape index (κ1) is 25.3. The SMILES string of the molecule is CCCCCCCCC=CCCCCCCC(C(=O)O)C(S)C(S)S. The van der Waals surface area contributed by atoms with Gasteiger partial charge in [-0.25, -0.2) is 0 Å². The lowest BCUT2D eigenvalue weighted by atomic mass is 9.97. The van der Waals surface area contributed by atoms with Crippen molar-refractivity contribution in [1.82, 2.24) is 0 Å². The summed E-state index contributed by atoms with van der Waals surface area (Å²) in [5, 5.41) is 8.96. The smallest absolute Gasteiger partial charge is 0.307 e. The molecule has 0 rings (SSSR count). The van der Waals surface area contributed by atoms with Crippen LogP contribution in [0.1, 0.15) is 90.4 Å². The van der Waals surface area contributed by atoms with Crippen LogP contribution in [-0.4, -0.2) is 20.9 Å². The molecule has 0 fully saturated rings. The van der Waals surface area contributed by atoms with Gasteiger partial charge >= 0.3 is 5.97 Å². The largest absolute Gasteiger partial charge is 0.481 e. The third-order valence-electron chi connectivity index (χ3n) is 4.56. The molecule has 0 aromatic heterocycles. The highest BCUT2D eigenvalue weighted by molar-refractivity contribution is 8.00. The molecule has 0 aromatic rings. The van der Waals surface area contributed by atoms with Gasteiger partial charge in [0.2, 0.25) is 0 Å². The van der Waals surface area contributed by atoms with E-state index in [1.807, 2.05) is 0 Å². The maximum Gasteiger partial charge on any atom is 0.307 e. The Kier molecular flexibility index (Phi) is 17.8. The van der Waals surface area contributed by atoms with Crippen LogP contribution in [0.3, 0.4) is 0 Å². The predicted molar refractivity (Wildman–Crippen MR) is 120 cm³/mol. The molecule has 0 bridgehead atoms. The maximum absolute atomic E-state index is 11.3. The summed E-state index contributed by atoms with van der Waals surface area (Å²) in [4.78, 5) is 11.3. The lowest BCUT2D eigenvalue weighted by molar-refractivity contribution is -0.141. The Labute approximate surface area is 171 Å². The molecule has 0 radical (unpaired) electrons. The highest BCUT2D eigenvalue weighted by Gasteiger charge is 2.27. The van der Waals surface area contributed by atoms with Crippen molar-refractivity contribution in [2.24, 2.45) is 5.92 Å². The third kappa shape index (κ3) is 15.1. The molecular weight excluding hydrogens is 368 g/mol. The van der Waals surface area contributed by atoms with Gasteiger partial charge in [-0.05, 0) is 32.1 Å². The van der Waals surface area contributed by atoms with Crippen molar-refractivity contribution in [3.05, 3.63) is 12.2 Å². The minimum Gasteiger partial charge on any atom is -0.481 e. The van der Waals surface area contributed by atoms with Gasteiger partial charge < -0.3 is 5.11 Å². The summed E-state index contributed by atoms with van der Waals surface area (Å²) in [5.41, 5.74) is 0. The number of hydrogen-bond donors (Lipinski definition) is 4. The van der Waals surface area contributed by atoms with Crippen molar-refractivity contribution in [2.75, 3.05) is 0 Å². The molecule has 0 amide bonds. The average Bonchev–Trinajstić information content (AvgIpc) is 2.57. The Morgan fingerprint density at radius 2 is 1.32 bits per heavy atom. The molecule has 148 valence electrons. The molecule has 0 aromatic carbocycles. The number of carboxylic acids is 1. The zero-order valence-corrected chi connectivity index (χ0v) is 18.5. The molecule has 0 aliphatic rings. The molecule has 5 heteroatoms. The first-order valence-corrected chi connectivity index (χ1v) is 11.5.